The molecule has 2 aromatic rings. The number of hydrogen-bond acceptors (Lipinski definition) is 3. The highest BCUT2D eigenvalue weighted by atomic mass is 35.5. The minimum Gasteiger partial charge on any atom is -0.460 e. The first-order valence-corrected chi connectivity index (χ1v) is 4.96. The molecule has 0 N–H and O–H groups in total. The van der Waals surface area contributed by atoms with E-state index in [0.717, 1.165) is 5.39 Å². The molecule has 1 heterocycles. The number of carbonyl (C=O) groups excluding carboxylic acids is 1. The molecular formula is C11H9ClO3. The highest BCUT2D eigenvalue weighted by Gasteiger charge is 2.11. The van der Waals surface area contributed by atoms with Crippen molar-refractivity contribution in [1.29, 1.82) is 0 Å². The summed E-state index contributed by atoms with van der Waals surface area (Å²) in [4.78, 5) is 11.1. The van der Waals surface area contributed by atoms with E-state index in [4.69, 9.17) is 20.8 Å². The first-order valence-electron chi connectivity index (χ1n) is 4.58. The van der Waals surface area contributed by atoms with E-state index in [1.54, 1.807) is 25.1 Å². The molecule has 15 heavy (non-hydrogen) atoms. The van der Waals surface area contributed by atoms with Crippen LogP contribution >= 0.6 is 11.6 Å². The van der Waals surface area contributed by atoms with Crippen molar-refractivity contribution >= 4 is 28.5 Å². The summed E-state index contributed by atoms with van der Waals surface area (Å²) in [6.45, 7) is 1.73. The predicted molar refractivity (Wildman–Crippen MR) is 57.2 cm³/mol. The molecule has 78 valence electrons. The minimum atomic E-state index is -0.296. The van der Waals surface area contributed by atoms with Gasteiger partial charge in [0.1, 0.15) is 0 Å². The molecule has 0 bridgehead atoms. The molecule has 0 aliphatic carbocycles. The van der Waals surface area contributed by atoms with Crippen molar-refractivity contribution in [2.75, 3.05) is 0 Å². The summed E-state index contributed by atoms with van der Waals surface area (Å²) < 4.78 is 10.3. The Morgan fingerprint density at radius 1 is 1.47 bits per heavy atom. The molecule has 0 radical (unpaired) electrons. The molecule has 4 heteroatoms. The predicted octanol–water partition coefficient (Wildman–Crippen LogP) is 3.40. The van der Waals surface area contributed by atoms with E-state index in [1.807, 2.05) is 0 Å². The molecule has 3 nitrogen and oxygen atoms in total. The van der Waals surface area contributed by atoms with E-state index < -0.39 is 0 Å². The maximum absolute atomic E-state index is 11.1. The number of ether oxygens (including phenoxy) is 1. The number of benzene rings is 1. The van der Waals surface area contributed by atoms with Crippen LogP contribution in [0.5, 0.6) is 5.75 Å². The lowest BCUT2D eigenvalue weighted by Crippen LogP contribution is -2.05. The van der Waals surface area contributed by atoms with Crippen LogP contribution in [0.3, 0.4) is 0 Å². The Bertz CT molecular complexity index is 502. The van der Waals surface area contributed by atoms with Gasteiger partial charge >= 0.3 is 5.97 Å². The summed E-state index contributed by atoms with van der Waals surface area (Å²) in [5, 5.41) is 1.33. The molecule has 0 spiro atoms. The van der Waals surface area contributed by atoms with Gasteiger partial charge in [0, 0.05) is 11.8 Å². The first kappa shape index (κ1) is 10.1. The fourth-order valence-corrected chi connectivity index (χ4v) is 1.49. The Hall–Kier alpha value is -1.48. The van der Waals surface area contributed by atoms with Gasteiger partial charge in [-0.3, -0.25) is 4.79 Å². The monoisotopic (exact) mass is 224 g/mol. The van der Waals surface area contributed by atoms with Crippen molar-refractivity contribution < 1.29 is 13.9 Å². The molecule has 1 aromatic carbocycles. The largest absolute Gasteiger partial charge is 0.460 e. The van der Waals surface area contributed by atoms with Crippen LogP contribution in [-0.4, -0.2) is 5.97 Å². The van der Waals surface area contributed by atoms with Gasteiger partial charge in [0.15, 0.2) is 11.3 Å². The molecule has 2 rings (SSSR count). The summed E-state index contributed by atoms with van der Waals surface area (Å²) in [7, 11) is 0. The fraction of sp³-hybridized carbons (Fsp3) is 0.182. The second-order valence-corrected chi connectivity index (χ2v) is 3.44. The molecule has 0 unspecified atom stereocenters. The van der Waals surface area contributed by atoms with Crippen molar-refractivity contribution in [3.63, 3.8) is 0 Å². The average molecular weight is 225 g/mol. The normalized spacial score (nSPS) is 10.5. The number of furan rings is 1. The fourth-order valence-electron chi connectivity index (χ4n) is 1.28. The third kappa shape index (κ3) is 1.83. The molecule has 0 fully saturated rings. The minimum absolute atomic E-state index is 0.296. The third-order valence-electron chi connectivity index (χ3n) is 2.04. The van der Waals surface area contributed by atoms with Crippen LogP contribution in [0.1, 0.15) is 13.3 Å². The van der Waals surface area contributed by atoms with E-state index in [2.05, 4.69) is 0 Å². The summed E-state index contributed by atoms with van der Waals surface area (Å²) in [5.74, 6) is 0.112. The quantitative estimate of drug-likeness (QED) is 0.580. The topological polar surface area (TPSA) is 39.4 Å². The number of hydrogen-bond donors (Lipinski definition) is 0. The molecule has 0 saturated heterocycles. The van der Waals surface area contributed by atoms with Crippen LogP contribution in [0, 0.1) is 0 Å². The summed E-state index contributed by atoms with van der Waals surface area (Å²) in [5.41, 5.74) is 0.504. The zero-order valence-corrected chi connectivity index (χ0v) is 8.88. The molecule has 0 atom stereocenters. The summed E-state index contributed by atoms with van der Waals surface area (Å²) in [6.07, 6.45) is 1.84. The van der Waals surface area contributed by atoms with Gasteiger partial charge in [0.25, 0.3) is 0 Å². The van der Waals surface area contributed by atoms with Crippen molar-refractivity contribution in [1.82, 2.24) is 0 Å². The Labute approximate surface area is 91.6 Å². The van der Waals surface area contributed by atoms with E-state index in [1.165, 1.54) is 6.26 Å². The molecular weight excluding hydrogens is 216 g/mol. The van der Waals surface area contributed by atoms with Gasteiger partial charge < -0.3 is 9.15 Å². The average Bonchev–Trinajstić information content (AvgIpc) is 2.71. The van der Waals surface area contributed by atoms with Crippen LogP contribution in [0.2, 0.25) is 5.02 Å². The van der Waals surface area contributed by atoms with Crippen molar-refractivity contribution in [2.45, 2.75) is 13.3 Å². The Morgan fingerprint density at radius 3 is 3.00 bits per heavy atom. The van der Waals surface area contributed by atoms with Gasteiger partial charge in [-0.05, 0) is 18.2 Å². The highest BCUT2D eigenvalue weighted by Crippen LogP contribution is 2.32. The molecule has 0 aliphatic rings. The summed E-state index contributed by atoms with van der Waals surface area (Å²) >= 11 is 5.94. The van der Waals surface area contributed by atoms with Gasteiger partial charge in [0.05, 0.1) is 11.3 Å². The van der Waals surface area contributed by atoms with Crippen LogP contribution in [0.15, 0.2) is 28.9 Å². The lowest BCUT2D eigenvalue weighted by Gasteiger charge is -2.03. The van der Waals surface area contributed by atoms with Gasteiger partial charge in [-0.2, -0.15) is 0 Å². The van der Waals surface area contributed by atoms with E-state index in [-0.39, 0.29) is 5.97 Å². The molecule has 0 aliphatic heterocycles. The standard InChI is InChI=1S/C11H9ClO3/c1-2-10(13)15-9-4-3-8(12)7-5-6-14-11(7)9/h3-6H,2H2,1H3. The Morgan fingerprint density at radius 2 is 2.27 bits per heavy atom. The zero-order valence-electron chi connectivity index (χ0n) is 8.12. The second kappa shape index (κ2) is 3.95. The number of carbonyl (C=O) groups is 1. The smallest absolute Gasteiger partial charge is 0.311 e. The van der Waals surface area contributed by atoms with Gasteiger partial charge in [-0.25, -0.2) is 0 Å². The maximum Gasteiger partial charge on any atom is 0.311 e. The number of rotatable bonds is 2. The number of esters is 1. The van der Waals surface area contributed by atoms with Gasteiger partial charge in [-0.1, -0.05) is 18.5 Å². The lowest BCUT2D eigenvalue weighted by atomic mass is 10.2. The SMILES string of the molecule is CCC(=O)Oc1ccc(Cl)c2ccoc12. The van der Waals surface area contributed by atoms with Crippen LogP contribution in [-0.2, 0) is 4.79 Å². The summed E-state index contributed by atoms with van der Waals surface area (Å²) in [6, 6.07) is 5.04. The van der Waals surface area contributed by atoms with Crippen LogP contribution in [0.4, 0.5) is 0 Å². The molecule has 0 saturated carbocycles. The number of halogens is 1. The van der Waals surface area contributed by atoms with E-state index in [0.29, 0.717) is 22.8 Å². The zero-order chi connectivity index (χ0) is 10.8. The van der Waals surface area contributed by atoms with Crippen LogP contribution in [0.25, 0.3) is 11.0 Å². The molecule has 0 amide bonds. The lowest BCUT2D eigenvalue weighted by molar-refractivity contribution is -0.133. The van der Waals surface area contributed by atoms with Gasteiger partial charge in [-0.15, -0.1) is 0 Å². The Balaban J connectivity index is 2.48. The highest BCUT2D eigenvalue weighted by molar-refractivity contribution is 6.35. The van der Waals surface area contributed by atoms with Crippen molar-refractivity contribution in [3.8, 4) is 5.75 Å². The van der Waals surface area contributed by atoms with E-state index >= 15 is 0 Å². The van der Waals surface area contributed by atoms with Crippen molar-refractivity contribution in [3.05, 3.63) is 29.5 Å². The van der Waals surface area contributed by atoms with Crippen molar-refractivity contribution in [2.24, 2.45) is 0 Å². The van der Waals surface area contributed by atoms with Crippen LogP contribution < -0.4 is 4.74 Å². The Kier molecular flexibility index (Phi) is 2.64. The van der Waals surface area contributed by atoms with Gasteiger partial charge in [0.2, 0.25) is 0 Å². The molecule has 1 aromatic heterocycles. The third-order valence-corrected chi connectivity index (χ3v) is 2.37. The van der Waals surface area contributed by atoms with E-state index in [9.17, 15) is 4.79 Å². The first-order chi connectivity index (χ1) is 7.22. The second-order valence-electron chi connectivity index (χ2n) is 3.04. The maximum atomic E-state index is 11.1. The number of fused-ring (bicyclic) bond motifs is 1.